The van der Waals surface area contributed by atoms with Crippen LogP contribution in [-0.2, 0) is 0 Å². The first-order valence-corrected chi connectivity index (χ1v) is 8.92. The zero-order valence-corrected chi connectivity index (χ0v) is 16.1. The Bertz CT molecular complexity index is 969. The van der Waals surface area contributed by atoms with Crippen molar-refractivity contribution in [2.24, 2.45) is 0 Å². The van der Waals surface area contributed by atoms with Gasteiger partial charge in [0.1, 0.15) is 0 Å². The van der Waals surface area contributed by atoms with Gasteiger partial charge in [-0.2, -0.15) is 5.26 Å². The molecule has 25 heavy (non-hydrogen) atoms. The zero-order chi connectivity index (χ0) is 18.0. The first kappa shape index (κ1) is 17.3. The second kappa shape index (κ2) is 7.13. The van der Waals surface area contributed by atoms with Crippen LogP contribution in [0.15, 0.2) is 59.1 Å². The van der Waals surface area contributed by atoms with Crippen molar-refractivity contribution in [2.75, 3.05) is 0 Å². The molecule has 0 aliphatic rings. The first-order chi connectivity index (χ1) is 12.0. The standard InChI is InChI=1S/C22H19BrN2/c1-15-4-10-22(11-5-15)25-16(2)12-19(17(25)3)13-20(14-24)18-6-8-21(23)9-7-18/h4-13H,1-3H3/b20-13+. The van der Waals surface area contributed by atoms with Gasteiger partial charge in [-0.25, -0.2) is 0 Å². The lowest BCUT2D eigenvalue weighted by atomic mass is 10.0. The molecule has 0 aliphatic carbocycles. The summed E-state index contributed by atoms with van der Waals surface area (Å²) in [5.41, 5.74) is 7.32. The highest BCUT2D eigenvalue weighted by Crippen LogP contribution is 2.26. The Hall–Kier alpha value is -2.57. The van der Waals surface area contributed by atoms with E-state index in [0.29, 0.717) is 5.57 Å². The Morgan fingerprint density at radius 2 is 1.64 bits per heavy atom. The first-order valence-electron chi connectivity index (χ1n) is 8.13. The fraction of sp³-hybridized carbons (Fsp3) is 0.136. The Morgan fingerprint density at radius 3 is 2.24 bits per heavy atom. The van der Waals surface area contributed by atoms with Crippen LogP contribution in [-0.4, -0.2) is 4.57 Å². The van der Waals surface area contributed by atoms with Gasteiger partial charge in [0.15, 0.2) is 0 Å². The van der Waals surface area contributed by atoms with Gasteiger partial charge in [0.2, 0.25) is 0 Å². The van der Waals surface area contributed by atoms with Crippen molar-refractivity contribution in [2.45, 2.75) is 20.8 Å². The van der Waals surface area contributed by atoms with E-state index in [1.807, 2.05) is 30.3 Å². The zero-order valence-electron chi connectivity index (χ0n) is 14.5. The van der Waals surface area contributed by atoms with Crippen molar-refractivity contribution < 1.29 is 0 Å². The number of nitrogens with zero attached hydrogens (tertiary/aromatic N) is 2. The summed E-state index contributed by atoms with van der Waals surface area (Å²) < 4.78 is 3.23. The average molecular weight is 391 g/mol. The summed E-state index contributed by atoms with van der Waals surface area (Å²) in [5, 5.41) is 9.59. The summed E-state index contributed by atoms with van der Waals surface area (Å²) in [4.78, 5) is 0. The fourth-order valence-electron chi connectivity index (χ4n) is 2.99. The topological polar surface area (TPSA) is 28.7 Å². The molecule has 0 spiro atoms. The molecule has 0 unspecified atom stereocenters. The Balaban J connectivity index is 2.06. The average Bonchev–Trinajstić information content (AvgIpc) is 2.88. The van der Waals surface area contributed by atoms with Gasteiger partial charge in [0.05, 0.1) is 11.6 Å². The third-order valence-electron chi connectivity index (χ3n) is 4.34. The highest BCUT2D eigenvalue weighted by Gasteiger charge is 2.11. The van der Waals surface area contributed by atoms with Crippen LogP contribution in [0.4, 0.5) is 0 Å². The summed E-state index contributed by atoms with van der Waals surface area (Å²) in [6, 6.07) is 20.8. The number of rotatable bonds is 3. The van der Waals surface area contributed by atoms with Crippen molar-refractivity contribution in [3.8, 4) is 11.8 Å². The van der Waals surface area contributed by atoms with E-state index in [1.165, 1.54) is 5.56 Å². The third kappa shape index (κ3) is 3.60. The lowest BCUT2D eigenvalue weighted by Crippen LogP contribution is -1.98. The molecule has 1 heterocycles. The lowest BCUT2D eigenvalue weighted by Gasteiger charge is -2.10. The van der Waals surface area contributed by atoms with Crippen molar-refractivity contribution in [1.29, 1.82) is 5.26 Å². The van der Waals surface area contributed by atoms with E-state index in [2.05, 4.69) is 77.7 Å². The molecule has 0 bridgehead atoms. The summed E-state index contributed by atoms with van der Waals surface area (Å²) >= 11 is 3.43. The number of halogens is 1. The van der Waals surface area contributed by atoms with Gasteiger partial charge in [0, 0.05) is 21.5 Å². The maximum atomic E-state index is 9.59. The van der Waals surface area contributed by atoms with Crippen LogP contribution in [0.5, 0.6) is 0 Å². The van der Waals surface area contributed by atoms with Crippen LogP contribution in [0.1, 0.15) is 28.1 Å². The van der Waals surface area contributed by atoms with E-state index in [0.717, 1.165) is 32.7 Å². The molecule has 0 aliphatic heterocycles. The number of allylic oxidation sites excluding steroid dienone is 1. The normalized spacial score (nSPS) is 11.4. The van der Waals surface area contributed by atoms with E-state index >= 15 is 0 Å². The number of benzene rings is 2. The summed E-state index contributed by atoms with van der Waals surface area (Å²) in [7, 11) is 0. The molecule has 0 saturated heterocycles. The minimum atomic E-state index is 0.664. The molecule has 0 radical (unpaired) electrons. The number of nitriles is 1. The maximum absolute atomic E-state index is 9.59. The van der Waals surface area contributed by atoms with Gasteiger partial charge in [-0.3, -0.25) is 0 Å². The monoisotopic (exact) mass is 390 g/mol. The van der Waals surface area contributed by atoms with Crippen LogP contribution in [0.3, 0.4) is 0 Å². The minimum Gasteiger partial charge on any atom is -0.318 e. The molecule has 0 fully saturated rings. The largest absolute Gasteiger partial charge is 0.318 e. The molecule has 3 rings (SSSR count). The Kier molecular flexibility index (Phi) is 4.92. The van der Waals surface area contributed by atoms with Gasteiger partial charge in [-0.05, 0) is 68.3 Å². The van der Waals surface area contributed by atoms with E-state index in [-0.39, 0.29) is 0 Å². The van der Waals surface area contributed by atoms with Crippen molar-refractivity contribution in [3.63, 3.8) is 0 Å². The second-order valence-corrected chi connectivity index (χ2v) is 7.09. The summed E-state index contributed by atoms with van der Waals surface area (Å²) in [6.45, 7) is 6.27. The molecule has 0 atom stereocenters. The SMILES string of the molecule is Cc1ccc(-n2c(C)cc(/C=C(\C#N)c3ccc(Br)cc3)c2C)cc1. The van der Waals surface area contributed by atoms with Crippen molar-refractivity contribution in [3.05, 3.63) is 87.1 Å². The van der Waals surface area contributed by atoms with Gasteiger partial charge >= 0.3 is 0 Å². The molecule has 0 amide bonds. The Labute approximate surface area is 157 Å². The smallest absolute Gasteiger partial charge is 0.0998 e. The molecule has 0 N–H and O–H groups in total. The van der Waals surface area contributed by atoms with Gasteiger partial charge < -0.3 is 4.57 Å². The molecule has 2 nitrogen and oxygen atoms in total. The predicted molar refractivity (Wildman–Crippen MR) is 108 cm³/mol. The minimum absolute atomic E-state index is 0.664. The van der Waals surface area contributed by atoms with Crippen molar-refractivity contribution in [1.82, 2.24) is 4.57 Å². The number of aromatic nitrogens is 1. The highest BCUT2D eigenvalue weighted by molar-refractivity contribution is 9.10. The summed E-state index contributed by atoms with van der Waals surface area (Å²) in [6.07, 6.45) is 1.97. The number of aryl methyl sites for hydroxylation is 2. The molecule has 3 heteroatoms. The third-order valence-corrected chi connectivity index (χ3v) is 4.87. The molecular weight excluding hydrogens is 372 g/mol. The van der Waals surface area contributed by atoms with Crippen molar-refractivity contribution >= 4 is 27.6 Å². The second-order valence-electron chi connectivity index (χ2n) is 6.17. The molecule has 1 aromatic heterocycles. The van der Waals surface area contributed by atoms with Crippen LogP contribution >= 0.6 is 15.9 Å². The Morgan fingerprint density at radius 1 is 1.00 bits per heavy atom. The van der Waals surface area contributed by atoms with E-state index < -0.39 is 0 Å². The molecule has 124 valence electrons. The molecule has 0 saturated carbocycles. The van der Waals surface area contributed by atoms with Crippen LogP contribution in [0, 0.1) is 32.1 Å². The number of hydrogen-bond acceptors (Lipinski definition) is 1. The van der Waals surface area contributed by atoms with Crippen LogP contribution < -0.4 is 0 Å². The van der Waals surface area contributed by atoms with Crippen LogP contribution in [0.25, 0.3) is 17.3 Å². The van der Waals surface area contributed by atoms with Gasteiger partial charge in [-0.15, -0.1) is 0 Å². The highest BCUT2D eigenvalue weighted by atomic mass is 79.9. The fourth-order valence-corrected chi connectivity index (χ4v) is 3.25. The predicted octanol–water partition coefficient (Wildman–Crippen LogP) is 6.23. The molecular formula is C22H19BrN2. The summed E-state index contributed by atoms with van der Waals surface area (Å²) in [5.74, 6) is 0. The van der Waals surface area contributed by atoms with E-state index in [1.54, 1.807) is 0 Å². The molecule has 2 aromatic carbocycles. The van der Waals surface area contributed by atoms with E-state index in [4.69, 9.17) is 0 Å². The van der Waals surface area contributed by atoms with Crippen LogP contribution in [0.2, 0.25) is 0 Å². The van der Waals surface area contributed by atoms with Gasteiger partial charge in [-0.1, -0.05) is 45.8 Å². The number of hydrogen-bond donors (Lipinski definition) is 0. The lowest BCUT2D eigenvalue weighted by molar-refractivity contribution is 0.963. The van der Waals surface area contributed by atoms with E-state index in [9.17, 15) is 5.26 Å². The maximum Gasteiger partial charge on any atom is 0.0998 e. The van der Waals surface area contributed by atoms with Gasteiger partial charge in [0.25, 0.3) is 0 Å². The quantitative estimate of drug-likeness (QED) is 0.487. The molecule has 3 aromatic rings.